The van der Waals surface area contributed by atoms with E-state index < -0.39 is 50.0 Å². The number of nitrogens with one attached hydrogen (secondary N) is 1. The molecule has 1 aromatic carbocycles. The number of carbonyl (C=O) groups is 3. The van der Waals surface area contributed by atoms with Gasteiger partial charge in [-0.25, -0.2) is 9.59 Å². The van der Waals surface area contributed by atoms with Gasteiger partial charge in [0, 0.05) is 6.92 Å². The van der Waals surface area contributed by atoms with Crippen LogP contribution in [0.2, 0.25) is 0 Å². The molecule has 13 heteroatoms. The summed E-state index contributed by atoms with van der Waals surface area (Å²) >= 11 is 0. The van der Waals surface area contributed by atoms with Crippen molar-refractivity contribution in [2.45, 2.75) is 45.1 Å². The van der Waals surface area contributed by atoms with Gasteiger partial charge in [0.2, 0.25) is 12.2 Å². The summed E-state index contributed by atoms with van der Waals surface area (Å²) in [6.45, 7) is 2.92. The minimum atomic E-state index is -4.69. The average Bonchev–Trinajstić information content (AvgIpc) is 2.60. The molecule has 2 rings (SSSR count). The topological polar surface area (TPSA) is 120 Å². The number of amides is 1. The molecule has 2 N–H and O–H groups in total. The molecule has 0 aliphatic carbocycles. The third-order valence-corrected chi connectivity index (χ3v) is 3.84. The average molecular weight is 433 g/mol. The second-order valence-corrected chi connectivity index (χ2v) is 6.25. The SMILES string of the molecule is CCOC(=O)OC(C)OC(=O)c1cccc2c1OB(O)[C@@H](NC(=O)CC(F)(F)F)C2. The van der Waals surface area contributed by atoms with Crippen LogP contribution in [0.4, 0.5) is 18.0 Å². The van der Waals surface area contributed by atoms with Gasteiger partial charge in [-0.2, -0.15) is 13.2 Å². The van der Waals surface area contributed by atoms with Gasteiger partial charge in [-0.3, -0.25) is 4.79 Å². The normalized spacial score (nSPS) is 16.6. The molecule has 164 valence electrons. The van der Waals surface area contributed by atoms with Gasteiger partial charge in [-0.1, -0.05) is 12.1 Å². The van der Waals surface area contributed by atoms with Crippen molar-refractivity contribution in [1.29, 1.82) is 0 Å². The molecule has 1 amide bonds. The fraction of sp³-hybridized carbons (Fsp3) is 0.471. The molecule has 0 spiro atoms. The number of carbonyl (C=O) groups excluding carboxylic acids is 3. The van der Waals surface area contributed by atoms with Gasteiger partial charge in [-0.15, -0.1) is 0 Å². The van der Waals surface area contributed by atoms with Crippen molar-refractivity contribution in [3.05, 3.63) is 29.3 Å². The van der Waals surface area contributed by atoms with Crippen LogP contribution in [-0.2, 0) is 25.4 Å². The highest BCUT2D eigenvalue weighted by atomic mass is 19.4. The molecule has 1 heterocycles. The lowest BCUT2D eigenvalue weighted by Crippen LogP contribution is -2.53. The van der Waals surface area contributed by atoms with Crippen molar-refractivity contribution < 1.29 is 51.4 Å². The standard InChI is InChI=1S/C17H19BF3NO8/c1-3-27-16(25)29-9(2)28-15(24)11-6-4-5-10-7-12(18(26)30-14(10)11)22-13(23)8-17(19,20)21/h4-6,9,12,26H,3,7-8H2,1-2H3,(H,22,23)/t9?,12-/m0/s1. The van der Waals surface area contributed by atoms with E-state index in [1.54, 1.807) is 6.92 Å². The van der Waals surface area contributed by atoms with Gasteiger partial charge < -0.3 is 29.2 Å². The van der Waals surface area contributed by atoms with Crippen molar-refractivity contribution in [2.24, 2.45) is 0 Å². The maximum absolute atomic E-state index is 12.4. The Balaban J connectivity index is 2.07. The van der Waals surface area contributed by atoms with Gasteiger partial charge in [-0.05, 0) is 25.0 Å². The first kappa shape index (κ1) is 23.3. The Labute approximate surface area is 169 Å². The molecule has 1 unspecified atom stereocenters. The van der Waals surface area contributed by atoms with Crippen molar-refractivity contribution in [3.8, 4) is 5.75 Å². The van der Waals surface area contributed by atoms with E-state index in [4.69, 9.17) is 14.1 Å². The van der Waals surface area contributed by atoms with Gasteiger partial charge in [0.1, 0.15) is 17.7 Å². The maximum atomic E-state index is 12.4. The fourth-order valence-corrected chi connectivity index (χ4v) is 2.67. The molecule has 0 bridgehead atoms. The zero-order chi connectivity index (χ0) is 22.5. The molecule has 0 aromatic heterocycles. The zero-order valence-electron chi connectivity index (χ0n) is 16.0. The number of halogens is 3. The lowest BCUT2D eigenvalue weighted by atomic mass is 9.72. The third-order valence-electron chi connectivity index (χ3n) is 3.84. The Bertz CT molecular complexity index is 804. The van der Waals surface area contributed by atoms with E-state index in [-0.39, 0.29) is 24.3 Å². The predicted molar refractivity (Wildman–Crippen MR) is 94.3 cm³/mol. The molecule has 0 saturated heterocycles. The van der Waals surface area contributed by atoms with Crippen LogP contribution in [0.15, 0.2) is 18.2 Å². The number of alkyl halides is 3. The quantitative estimate of drug-likeness (QED) is 0.396. The summed E-state index contributed by atoms with van der Waals surface area (Å²) in [7, 11) is -1.70. The molecule has 0 radical (unpaired) electrons. The Hall–Kier alpha value is -2.96. The number of hydrogen-bond donors (Lipinski definition) is 2. The number of benzene rings is 1. The highest BCUT2D eigenvalue weighted by Gasteiger charge is 2.40. The van der Waals surface area contributed by atoms with Gasteiger partial charge in [0.05, 0.1) is 12.5 Å². The smallest absolute Gasteiger partial charge is 0.534 e. The molecule has 1 aliphatic rings. The molecule has 2 atom stereocenters. The van der Waals surface area contributed by atoms with E-state index >= 15 is 0 Å². The molecule has 1 aromatic rings. The second-order valence-electron chi connectivity index (χ2n) is 6.25. The summed E-state index contributed by atoms with van der Waals surface area (Å²) in [5, 5.41) is 12.1. The van der Waals surface area contributed by atoms with Gasteiger partial charge in [0.25, 0.3) is 0 Å². The molecule has 1 aliphatic heterocycles. The first-order valence-electron chi connectivity index (χ1n) is 8.87. The van der Waals surface area contributed by atoms with Crippen LogP contribution >= 0.6 is 0 Å². The van der Waals surface area contributed by atoms with Crippen molar-refractivity contribution >= 4 is 25.2 Å². The second kappa shape index (κ2) is 9.70. The van der Waals surface area contributed by atoms with E-state index in [0.717, 1.165) is 0 Å². The zero-order valence-corrected chi connectivity index (χ0v) is 16.0. The Morgan fingerprint density at radius 1 is 1.33 bits per heavy atom. The molecule has 0 fully saturated rings. The van der Waals surface area contributed by atoms with E-state index in [9.17, 15) is 32.6 Å². The monoisotopic (exact) mass is 433 g/mol. The minimum Gasteiger partial charge on any atom is -0.534 e. The number of rotatable bonds is 6. The summed E-state index contributed by atoms with van der Waals surface area (Å²) < 4.78 is 56.5. The van der Waals surface area contributed by atoms with Gasteiger partial charge >= 0.3 is 25.4 Å². The Morgan fingerprint density at radius 2 is 2.03 bits per heavy atom. The predicted octanol–water partition coefficient (Wildman–Crippen LogP) is 1.75. The van der Waals surface area contributed by atoms with Crippen molar-refractivity contribution in [1.82, 2.24) is 5.32 Å². The lowest BCUT2D eigenvalue weighted by molar-refractivity contribution is -0.154. The van der Waals surface area contributed by atoms with Crippen molar-refractivity contribution in [3.63, 3.8) is 0 Å². The first-order chi connectivity index (χ1) is 14.0. The van der Waals surface area contributed by atoms with E-state index in [2.05, 4.69) is 10.1 Å². The van der Waals surface area contributed by atoms with Gasteiger partial charge in [0.15, 0.2) is 0 Å². The van der Waals surface area contributed by atoms with Crippen LogP contribution < -0.4 is 9.97 Å². The van der Waals surface area contributed by atoms with Crippen molar-refractivity contribution in [2.75, 3.05) is 6.61 Å². The molecular weight excluding hydrogens is 414 g/mol. The largest absolute Gasteiger partial charge is 0.547 e. The molecule has 9 nitrogen and oxygen atoms in total. The van der Waals surface area contributed by atoms with Crippen LogP contribution in [0, 0.1) is 0 Å². The summed E-state index contributed by atoms with van der Waals surface area (Å²) in [5.41, 5.74) is 0.247. The molecular formula is C17H19BF3NO8. The Kier molecular flexibility index (Phi) is 7.54. The van der Waals surface area contributed by atoms with Crippen LogP contribution in [-0.4, -0.2) is 55.2 Å². The maximum Gasteiger partial charge on any atom is 0.547 e. The summed E-state index contributed by atoms with van der Waals surface area (Å²) in [6, 6.07) is 4.30. The number of hydrogen-bond acceptors (Lipinski definition) is 8. The Morgan fingerprint density at radius 3 is 2.67 bits per heavy atom. The summed E-state index contributed by atoms with van der Waals surface area (Å²) in [5.74, 6) is -3.46. The van der Waals surface area contributed by atoms with Crippen LogP contribution in [0.25, 0.3) is 0 Å². The highest BCUT2D eigenvalue weighted by molar-refractivity contribution is 6.47. The van der Waals surface area contributed by atoms with Crippen LogP contribution in [0.5, 0.6) is 5.75 Å². The number of esters is 1. The van der Waals surface area contributed by atoms with Crippen LogP contribution in [0.3, 0.4) is 0 Å². The number of para-hydroxylation sites is 1. The van der Waals surface area contributed by atoms with E-state index in [1.165, 1.54) is 25.1 Å². The first-order valence-corrected chi connectivity index (χ1v) is 8.87. The number of fused-ring (bicyclic) bond motifs is 1. The highest BCUT2D eigenvalue weighted by Crippen LogP contribution is 2.31. The minimum absolute atomic E-state index is 0.0559. The lowest BCUT2D eigenvalue weighted by Gasteiger charge is -2.29. The van der Waals surface area contributed by atoms with E-state index in [1.807, 2.05) is 0 Å². The molecule has 30 heavy (non-hydrogen) atoms. The summed E-state index contributed by atoms with van der Waals surface area (Å²) in [6.07, 6.45) is -8.79. The van der Waals surface area contributed by atoms with E-state index in [0.29, 0.717) is 5.56 Å². The number of ether oxygens (including phenoxy) is 3. The summed E-state index contributed by atoms with van der Waals surface area (Å²) in [4.78, 5) is 35.1. The van der Waals surface area contributed by atoms with Crippen LogP contribution in [0.1, 0.15) is 36.2 Å². The third kappa shape index (κ3) is 6.54. The molecule has 0 saturated carbocycles. The fourth-order valence-electron chi connectivity index (χ4n) is 2.67.